The van der Waals surface area contributed by atoms with Crippen LogP contribution < -0.4 is 4.74 Å². The van der Waals surface area contributed by atoms with Crippen LogP contribution >= 0.6 is 0 Å². The third-order valence-electron chi connectivity index (χ3n) is 5.97. The number of aliphatic carboxylic acids is 1. The highest BCUT2D eigenvalue weighted by Crippen LogP contribution is 2.30. The lowest BCUT2D eigenvalue weighted by atomic mass is 9.90. The van der Waals surface area contributed by atoms with Crippen LogP contribution in [-0.4, -0.2) is 40.6 Å². The van der Waals surface area contributed by atoms with E-state index >= 15 is 0 Å². The minimum absolute atomic E-state index is 0.0158. The molecule has 1 atom stereocenters. The standard InChI is InChI=1S/C27H33NO4/c1-19(2)21-13-10-20(11-14-21)12-15-25(29)28-16-6-8-23(18-28)22-7-5-9-24(17-22)32-27(3,4)26(30)31/h5,7,9-15,17,19,23H,6,8,16,18H2,1-4H3,(H,30,31)/b15-12+. The topological polar surface area (TPSA) is 66.8 Å². The number of amides is 1. The van der Waals surface area contributed by atoms with E-state index in [0.29, 0.717) is 18.2 Å². The van der Waals surface area contributed by atoms with Gasteiger partial charge >= 0.3 is 5.97 Å². The Bertz CT molecular complexity index is 975. The van der Waals surface area contributed by atoms with Crippen LogP contribution in [0.1, 0.15) is 69.1 Å². The van der Waals surface area contributed by atoms with Crippen molar-refractivity contribution in [3.8, 4) is 5.75 Å². The number of benzene rings is 2. The molecule has 1 fully saturated rings. The van der Waals surface area contributed by atoms with Crippen LogP contribution in [0.3, 0.4) is 0 Å². The number of likely N-dealkylation sites (tertiary alicyclic amines) is 1. The maximum atomic E-state index is 12.8. The van der Waals surface area contributed by atoms with E-state index in [1.165, 1.54) is 19.4 Å². The fourth-order valence-electron chi connectivity index (χ4n) is 3.88. The largest absolute Gasteiger partial charge is 0.478 e. The third kappa shape index (κ3) is 6.00. The van der Waals surface area contributed by atoms with Crippen LogP contribution in [0.4, 0.5) is 0 Å². The SMILES string of the molecule is CC(C)c1ccc(/C=C/C(=O)N2CCCC(c3cccc(OC(C)(C)C(=O)O)c3)C2)cc1. The fraction of sp³-hybridized carbons (Fsp3) is 0.407. The quantitative estimate of drug-likeness (QED) is 0.586. The molecule has 5 nitrogen and oxygen atoms in total. The number of carboxylic acid groups (broad SMARTS) is 1. The van der Waals surface area contributed by atoms with E-state index in [1.807, 2.05) is 41.3 Å². The number of carbonyl (C=O) groups is 2. The van der Waals surface area contributed by atoms with Gasteiger partial charge in [-0.15, -0.1) is 0 Å². The van der Waals surface area contributed by atoms with Crippen LogP contribution in [0.25, 0.3) is 6.08 Å². The molecule has 1 amide bonds. The maximum absolute atomic E-state index is 12.8. The molecule has 1 heterocycles. The molecule has 0 aromatic heterocycles. The molecule has 32 heavy (non-hydrogen) atoms. The maximum Gasteiger partial charge on any atom is 0.347 e. The number of piperidine rings is 1. The lowest BCUT2D eigenvalue weighted by Gasteiger charge is -2.32. The molecule has 0 saturated carbocycles. The van der Waals surface area contributed by atoms with Gasteiger partial charge in [-0.1, -0.05) is 50.2 Å². The minimum atomic E-state index is -1.30. The van der Waals surface area contributed by atoms with Gasteiger partial charge in [0, 0.05) is 25.1 Å². The first-order valence-electron chi connectivity index (χ1n) is 11.2. The Morgan fingerprint density at radius 2 is 1.88 bits per heavy atom. The first-order valence-corrected chi connectivity index (χ1v) is 11.2. The van der Waals surface area contributed by atoms with Crippen LogP contribution in [-0.2, 0) is 9.59 Å². The van der Waals surface area contributed by atoms with Gasteiger partial charge in [0.25, 0.3) is 0 Å². The summed E-state index contributed by atoms with van der Waals surface area (Å²) in [7, 11) is 0. The Morgan fingerprint density at radius 1 is 1.16 bits per heavy atom. The van der Waals surface area contributed by atoms with Crippen molar-refractivity contribution in [1.82, 2.24) is 4.90 Å². The molecular formula is C27H33NO4. The molecule has 1 N–H and O–H groups in total. The minimum Gasteiger partial charge on any atom is -0.478 e. The fourth-order valence-corrected chi connectivity index (χ4v) is 3.88. The van der Waals surface area contributed by atoms with Crippen molar-refractivity contribution < 1.29 is 19.4 Å². The third-order valence-corrected chi connectivity index (χ3v) is 5.97. The van der Waals surface area contributed by atoms with E-state index < -0.39 is 11.6 Å². The molecular weight excluding hydrogens is 402 g/mol. The van der Waals surface area contributed by atoms with E-state index in [4.69, 9.17) is 4.74 Å². The number of nitrogens with zero attached hydrogens (tertiary/aromatic N) is 1. The summed E-state index contributed by atoms with van der Waals surface area (Å²) in [4.78, 5) is 26.1. The average molecular weight is 436 g/mol. The summed E-state index contributed by atoms with van der Waals surface area (Å²) in [6.07, 6.45) is 5.44. The van der Waals surface area contributed by atoms with E-state index in [9.17, 15) is 14.7 Å². The van der Waals surface area contributed by atoms with Gasteiger partial charge in [0.15, 0.2) is 5.60 Å². The molecule has 0 aliphatic carbocycles. The van der Waals surface area contributed by atoms with Crippen LogP contribution in [0.15, 0.2) is 54.6 Å². The lowest BCUT2D eigenvalue weighted by molar-refractivity contribution is -0.152. The van der Waals surface area contributed by atoms with Crippen molar-refractivity contribution in [2.45, 2.75) is 58.0 Å². The van der Waals surface area contributed by atoms with Crippen LogP contribution in [0, 0.1) is 0 Å². The van der Waals surface area contributed by atoms with Gasteiger partial charge in [0.2, 0.25) is 5.91 Å². The Kier molecular flexibility index (Phi) is 7.39. The molecule has 2 aromatic rings. The zero-order valence-corrected chi connectivity index (χ0v) is 19.4. The Morgan fingerprint density at radius 3 is 2.53 bits per heavy atom. The molecule has 1 unspecified atom stereocenters. The van der Waals surface area contributed by atoms with E-state index in [1.54, 1.807) is 12.1 Å². The van der Waals surface area contributed by atoms with Gasteiger partial charge in [-0.25, -0.2) is 4.79 Å². The molecule has 1 aliphatic heterocycles. The molecule has 0 radical (unpaired) electrons. The predicted octanol–water partition coefficient (Wildman–Crippen LogP) is 5.47. The summed E-state index contributed by atoms with van der Waals surface area (Å²) in [5.74, 6) is 0.218. The van der Waals surface area contributed by atoms with Gasteiger partial charge in [-0.3, -0.25) is 4.79 Å². The van der Waals surface area contributed by atoms with Gasteiger partial charge in [0.05, 0.1) is 0 Å². The highest BCUT2D eigenvalue weighted by molar-refractivity contribution is 5.91. The summed E-state index contributed by atoms with van der Waals surface area (Å²) >= 11 is 0. The zero-order valence-electron chi connectivity index (χ0n) is 19.4. The zero-order chi connectivity index (χ0) is 23.3. The molecule has 0 spiro atoms. The number of hydrogen-bond donors (Lipinski definition) is 1. The molecule has 3 rings (SSSR count). The highest BCUT2D eigenvalue weighted by atomic mass is 16.5. The Hall–Kier alpha value is -3.08. The van der Waals surface area contributed by atoms with Crippen molar-refractivity contribution in [3.05, 3.63) is 71.3 Å². The second kappa shape index (κ2) is 10.0. The number of hydrogen-bond acceptors (Lipinski definition) is 3. The highest BCUT2D eigenvalue weighted by Gasteiger charge is 2.30. The van der Waals surface area contributed by atoms with Crippen molar-refractivity contribution in [2.24, 2.45) is 0 Å². The van der Waals surface area contributed by atoms with Crippen molar-refractivity contribution >= 4 is 18.0 Å². The Balaban J connectivity index is 1.65. The monoisotopic (exact) mass is 435 g/mol. The van der Waals surface area contributed by atoms with Gasteiger partial charge in [0.1, 0.15) is 5.75 Å². The van der Waals surface area contributed by atoms with Crippen molar-refractivity contribution in [2.75, 3.05) is 13.1 Å². The van der Waals surface area contributed by atoms with Gasteiger partial charge in [-0.2, -0.15) is 0 Å². The number of carboxylic acids is 1. The molecule has 5 heteroatoms. The van der Waals surface area contributed by atoms with Crippen molar-refractivity contribution in [1.29, 1.82) is 0 Å². The number of rotatable bonds is 7. The first kappa shape index (κ1) is 23.6. The van der Waals surface area contributed by atoms with Crippen molar-refractivity contribution in [3.63, 3.8) is 0 Å². The number of ether oxygens (including phenoxy) is 1. The summed E-state index contributed by atoms with van der Waals surface area (Å²) in [5, 5.41) is 9.31. The summed E-state index contributed by atoms with van der Waals surface area (Å²) in [5.41, 5.74) is 2.06. The molecule has 0 bridgehead atoms. The molecule has 170 valence electrons. The summed E-state index contributed by atoms with van der Waals surface area (Å²) in [6, 6.07) is 15.9. The van der Waals surface area contributed by atoms with Gasteiger partial charge < -0.3 is 14.7 Å². The van der Waals surface area contributed by atoms with Gasteiger partial charge in [-0.05, 0) is 67.5 Å². The smallest absolute Gasteiger partial charge is 0.347 e. The van der Waals surface area contributed by atoms with E-state index in [0.717, 1.165) is 30.5 Å². The molecule has 1 saturated heterocycles. The second-order valence-electron chi connectivity index (χ2n) is 9.27. The van der Waals surface area contributed by atoms with E-state index in [2.05, 4.69) is 26.0 Å². The second-order valence-corrected chi connectivity index (χ2v) is 9.27. The van der Waals surface area contributed by atoms with E-state index in [-0.39, 0.29) is 11.8 Å². The predicted molar refractivity (Wildman–Crippen MR) is 127 cm³/mol. The summed E-state index contributed by atoms with van der Waals surface area (Å²) < 4.78 is 5.69. The normalized spacial score (nSPS) is 17.0. The van der Waals surface area contributed by atoms with Crippen LogP contribution in [0.5, 0.6) is 5.75 Å². The molecule has 1 aliphatic rings. The summed E-state index contributed by atoms with van der Waals surface area (Å²) in [6.45, 7) is 8.78. The average Bonchev–Trinajstić information content (AvgIpc) is 2.77. The molecule has 2 aromatic carbocycles. The van der Waals surface area contributed by atoms with Crippen LogP contribution in [0.2, 0.25) is 0 Å². The first-order chi connectivity index (χ1) is 15.2. The number of carbonyl (C=O) groups excluding carboxylic acids is 1. The Labute approximate surface area is 190 Å². The lowest BCUT2D eigenvalue weighted by Crippen LogP contribution is -2.38.